The molecule has 0 aromatic rings. The topological polar surface area (TPSA) is 94.1 Å². The van der Waals surface area contributed by atoms with Gasteiger partial charge in [-0.1, -0.05) is 0 Å². The molecule has 1 rings (SSSR count). The number of aliphatic carboxylic acids is 1. The molecule has 16 heavy (non-hydrogen) atoms. The fourth-order valence-electron chi connectivity index (χ4n) is 2.07. The molecule has 0 radical (unpaired) electrons. The van der Waals surface area contributed by atoms with E-state index in [9.17, 15) is 14.7 Å². The zero-order valence-electron chi connectivity index (χ0n) is 10.0. The van der Waals surface area contributed by atoms with Crippen LogP contribution in [0.2, 0.25) is 0 Å². The van der Waals surface area contributed by atoms with Gasteiger partial charge >= 0.3 is 5.97 Å². The maximum Gasteiger partial charge on any atom is 0.324 e. The molecule has 0 aliphatic heterocycles. The predicted molar refractivity (Wildman–Crippen MR) is 53.8 cm³/mol. The van der Waals surface area contributed by atoms with Gasteiger partial charge in [0.05, 0.1) is 5.97 Å². The van der Waals surface area contributed by atoms with Crippen LogP contribution in [-0.4, -0.2) is 23.6 Å². The van der Waals surface area contributed by atoms with Crippen molar-refractivity contribution in [1.82, 2.24) is 0 Å². The van der Waals surface area contributed by atoms with E-state index in [2.05, 4.69) is 5.73 Å². The zero-order chi connectivity index (χ0) is 12.6. The van der Waals surface area contributed by atoms with Gasteiger partial charge in [-0.2, -0.15) is 0 Å². The molecule has 92 valence electrons. The number of ether oxygens (including phenoxy) is 1. The number of quaternary nitrogens is 1. The van der Waals surface area contributed by atoms with Gasteiger partial charge in [-0.25, -0.2) is 0 Å². The number of carboxylic acids is 1. The van der Waals surface area contributed by atoms with E-state index in [4.69, 9.17) is 4.74 Å². The fraction of sp³-hybridized carbons (Fsp3) is 0.818. The summed E-state index contributed by atoms with van der Waals surface area (Å²) in [5, 5.41) is 11.2. The highest BCUT2D eigenvalue weighted by Crippen LogP contribution is 2.38. The second kappa shape index (κ2) is 4.05. The highest BCUT2D eigenvalue weighted by molar-refractivity contribution is 5.99. The van der Waals surface area contributed by atoms with Crippen LogP contribution in [0.1, 0.15) is 40.0 Å². The Morgan fingerprint density at radius 3 is 2.31 bits per heavy atom. The molecule has 1 fully saturated rings. The van der Waals surface area contributed by atoms with Crippen molar-refractivity contribution in [3.8, 4) is 0 Å². The van der Waals surface area contributed by atoms with Crippen molar-refractivity contribution in [1.29, 1.82) is 0 Å². The summed E-state index contributed by atoms with van der Waals surface area (Å²) in [6, 6.07) is -0.465. The summed E-state index contributed by atoms with van der Waals surface area (Å²) < 4.78 is 5.16. The smallest absolute Gasteiger partial charge is 0.324 e. The molecule has 3 N–H and O–H groups in total. The van der Waals surface area contributed by atoms with Gasteiger partial charge in [-0.15, -0.1) is 0 Å². The molecule has 0 spiro atoms. The number of rotatable bonds is 2. The standard InChI is InChI=1S/C11H19NO4/c1-10(2,3)16-9(15)11(8(13)14)6-4-5-7(11)12/h7H,4-6,12H2,1-3H3,(H,13,14)/t7-,11-/m0/s1. The molecule has 5 nitrogen and oxygen atoms in total. The van der Waals surface area contributed by atoms with Crippen molar-refractivity contribution in [3.05, 3.63) is 0 Å². The maximum absolute atomic E-state index is 12.0. The predicted octanol–water partition coefficient (Wildman–Crippen LogP) is -1.14. The lowest BCUT2D eigenvalue weighted by molar-refractivity contribution is -0.442. The van der Waals surface area contributed by atoms with Gasteiger partial charge in [0.1, 0.15) is 11.6 Å². The number of carboxylic acid groups (broad SMARTS) is 1. The highest BCUT2D eigenvalue weighted by atomic mass is 16.6. The minimum absolute atomic E-state index is 0.262. The molecular formula is C11H19NO4. The van der Waals surface area contributed by atoms with E-state index < -0.39 is 29.0 Å². The molecule has 1 aliphatic carbocycles. The lowest BCUT2D eigenvalue weighted by Crippen LogP contribution is -2.72. The Morgan fingerprint density at radius 1 is 1.44 bits per heavy atom. The minimum Gasteiger partial charge on any atom is -0.549 e. The summed E-state index contributed by atoms with van der Waals surface area (Å²) in [6.07, 6.45) is 1.55. The van der Waals surface area contributed by atoms with Crippen LogP contribution in [0.4, 0.5) is 0 Å². The first-order chi connectivity index (χ1) is 7.20. The van der Waals surface area contributed by atoms with Crippen molar-refractivity contribution in [3.63, 3.8) is 0 Å². The largest absolute Gasteiger partial charge is 0.549 e. The van der Waals surface area contributed by atoms with Crippen LogP contribution >= 0.6 is 0 Å². The van der Waals surface area contributed by atoms with Crippen molar-refractivity contribution in [2.24, 2.45) is 5.41 Å². The Kier molecular flexibility index (Phi) is 3.28. The average molecular weight is 229 g/mol. The quantitative estimate of drug-likeness (QED) is 0.478. The van der Waals surface area contributed by atoms with E-state index in [1.54, 1.807) is 20.8 Å². The van der Waals surface area contributed by atoms with Crippen LogP contribution in [-0.2, 0) is 14.3 Å². The third kappa shape index (κ3) is 2.19. The highest BCUT2D eigenvalue weighted by Gasteiger charge is 2.53. The van der Waals surface area contributed by atoms with Crippen molar-refractivity contribution >= 4 is 11.9 Å². The monoisotopic (exact) mass is 229 g/mol. The van der Waals surface area contributed by atoms with Crippen LogP contribution in [0.3, 0.4) is 0 Å². The zero-order valence-corrected chi connectivity index (χ0v) is 10.0. The van der Waals surface area contributed by atoms with Gasteiger partial charge in [0.15, 0.2) is 5.41 Å². The van der Waals surface area contributed by atoms with Gasteiger partial charge in [0.2, 0.25) is 0 Å². The third-order valence-electron chi connectivity index (χ3n) is 2.95. The first-order valence-corrected chi connectivity index (χ1v) is 5.48. The molecule has 0 unspecified atom stereocenters. The van der Waals surface area contributed by atoms with Crippen LogP contribution in [0, 0.1) is 5.41 Å². The Hall–Kier alpha value is -1.10. The normalized spacial score (nSPS) is 30.1. The lowest BCUT2D eigenvalue weighted by atomic mass is 9.83. The summed E-state index contributed by atoms with van der Waals surface area (Å²) in [5.74, 6) is -2.07. The first-order valence-electron chi connectivity index (χ1n) is 5.48. The SMILES string of the molecule is CC(C)(C)OC(=O)[C@@]1(C(=O)[O-])CCC[C@@H]1[NH3+]. The molecule has 0 heterocycles. The van der Waals surface area contributed by atoms with Crippen LogP contribution in [0.25, 0.3) is 0 Å². The van der Waals surface area contributed by atoms with Crippen molar-refractivity contribution < 1.29 is 25.2 Å². The summed E-state index contributed by atoms with van der Waals surface area (Å²) in [6.45, 7) is 5.13. The molecule has 1 aliphatic rings. The van der Waals surface area contributed by atoms with E-state index in [-0.39, 0.29) is 6.42 Å². The van der Waals surface area contributed by atoms with E-state index in [0.717, 1.165) is 0 Å². The second-order valence-electron chi connectivity index (χ2n) is 5.35. The molecule has 2 atom stereocenters. The molecule has 0 bridgehead atoms. The number of esters is 1. The Balaban J connectivity index is 2.95. The summed E-state index contributed by atoms with van der Waals surface area (Å²) in [5.41, 5.74) is 1.50. The molecule has 5 heteroatoms. The van der Waals surface area contributed by atoms with Crippen LogP contribution in [0.5, 0.6) is 0 Å². The van der Waals surface area contributed by atoms with Gasteiger partial charge in [0, 0.05) is 6.42 Å². The van der Waals surface area contributed by atoms with Gasteiger partial charge in [-0.05, 0) is 33.6 Å². The van der Waals surface area contributed by atoms with E-state index in [1.165, 1.54) is 0 Å². The molecule has 0 aromatic heterocycles. The van der Waals surface area contributed by atoms with E-state index in [0.29, 0.717) is 12.8 Å². The first kappa shape index (κ1) is 13.0. The summed E-state index contributed by atoms with van der Waals surface area (Å²) in [7, 11) is 0. The summed E-state index contributed by atoms with van der Waals surface area (Å²) >= 11 is 0. The third-order valence-corrected chi connectivity index (χ3v) is 2.95. The number of hydrogen-bond donors (Lipinski definition) is 1. The number of carbonyl (C=O) groups excluding carboxylic acids is 2. The number of carbonyl (C=O) groups is 2. The lowest BCUT2D eigenvalue weighted by Gasteiger charge is -2.33. The Bertz CT molecular complexity index is 308. The van der Waals surface area contributed by atoms with Gasteiger partial charge < -0.3 is 20.4 Å². The van der Waals surface area contributed by atoms with Crippen molar-refractivity contribution in [2.45, 2.75) is 51.7 Å². The summed E-state index contributed by atoms with van der Waals surface area (Å²) in [4.78, 5) is 23.2. The fourth-order valence-corrected chi connectivity index (χ4v) is 2.07. The van der Waals surface area contributed by atoms with Crippen LogP contribution in [0.15, 0.2) is 0 Å². The van der Waals surface area contributed by atoms with E-state index in [1.807, 2.05) is 0 Å². The molecule has 0 amide bonds. The molecule has 1 saturated carbocycles. The van der Waals surface area contributed by atoms with E-state index >= 15 is 0 Å². The molecule has 0 aromatic carbocycles. The Morgan fingerprint density at radius 2 is 2.00 bits per heavy atom. The maximum atomic E-state index is 12.0. The van der Waals surface area contributed by atoms with Gasteiger partial charge in [-0.3, -0.25) is 4.79 Å². The average Bonchev–Trinajstić information content (AvgIpc) is 2.44. The van der Waals surface area contributed by atoms with Gasteiger partial charge in [0.25, 0.3) is 0 Å². The minimum atomic E-state index is -1.55. The molecular weight excluding hydrogens is 210 g/mol. The molecule has 0 saturated heterocycles. The van der Waals surface area contributed by atoms with Crippen molar-refractivity contribution in [2.75, 3.05) is 0 Å². The number of hydrogen-bond acceptors (Lipinski definition) is 4. The Labute approximate surface area is 95.0 Å². The second-order valence-corrected chi connectivity index (χ2v) is 5.35. The van der Waals surface area contributed by atoms with Crippen LogP contribution < -0.4 is 10.8 Å².